The molecule has 0 bridgehead atoms. The van der Waals surface area contributed by atoms with Crippen LogP contribution in [0.1, 0.15) is 22.3 Å². The van der Waals surface area contributed by atoms with Crippen molar-refractivity contribution in [2.45, 2.75) is 41.5 Å². The van der Waals surface area contributed by atoms with Crippen molar-refractivity contribution in [1.82, 2.24) is 25.7 Å². The minimum atomic E-state index is -3.05. The monoisotopic (exact) mass is 593 g/mol. The molecular formula is C29H25F2N5O5S. The van der Waals surface area contributed by atoms with Gasteiger partial charge in [0, 0.05) is 30.5 Å². The molecule has 2 atom stereocenters. The predicted octanol–water partition coefficient (Wildman–Crippen LogP) is 4.07. The number of likely N-dealkylation sites (tertiary alicyclic amines) is 1. The smallest absolute Gasteiger partial charge is 0.345 e. The molecule has 0 radical (unpaired) electrons. The minimum Gasteiger partial charge on any atom is -0.455 e. The Kier molecular flexibility index (Phi) is 7.76. The zero-order valence-corrected chi connectivity index (χ0v) is 22.8. The molecule has 1 aromatic heterocycles. The molecule has 1 saturated heterocycles. The molecule has 3 amide bonds. The number of carbonyl (C=O) groups excluding carboxylic acids is 3. The van der Waals surface area contributed by atoms with Gasteiger partial charge in [0.15, 0.2) is 0 Å². The molecule has 4 aromatic rings. The summed E-state index contributed by atoms with van der Waals surface area (Å²) in [5.74, 6) is -0.421. The first kappa shape index (κ1) is 27.7. The third kappa shape index (κ3) is 5.92. The molecule has 1 fully saturated rings. The number of nitrogens with zero attached hydrogens (tertiary/aromatic N) is 2. The van der Waals surface area contributed by atoms with Crippen LogP contribution < -0.4 is 15.4 Å². The highest BCUT2D eigenvalue weighted by Crippen LogP contribution is 2.46. The van der Waals surface area contributed by atoms with E-state index in [0.717, 1.165) is 26.3 Å². The molecule has 0 unspecified atom stereocenters. The van der Waals surface area contributed by atoms with E-state index in [9.17, 15) is 23.2 Å². The number of ether oxygens (including phenoxy) is 2. The fourth-order valence-corrected chi connectivity index (χ4v) is 5.93. The normalized spacial score (nSPS) is 17.5. The molecule has 216 valence electrons. The van der Waals surface area contributed by atoms with Crippen LogP contribution in [-0.2, 0) is 20.9 Å². The van der Waals surface area contributed by atoms with Crippen molar-refractivity contribution in [2.75, 3.05) is 13.1 Å². The van der Waals surface area contributed by atoms with E-state index in [2.05, 4.69) is 25.6 Å². The Morgan fingerprint density at radius 3 is 2.76 bits per heavy atom. The molecule has 3 heterocycles. The summed E-state index contributed by atoms with van der Waals surface area (Å²) in [6.07, 6.45) is 0.551. The molecule has 6 rings (SSSR count). The summed E-state index contributed by atoms with van der Waals surface area (Å²) >= 11 is 1.52. The highest BCUT2D eigenvalue weighted by molar-refractivity contribution is 7.99. The SMILES string of the molecule is O=C(NCC(=O)N1C[C@H](OC(F)F)C[C@H]1C(=O)NCc1ccc2cn[nH]c2c1)c1ccc2c(c1)Oc1ccccc1S2. The van der Waals surface area contributed by atoms with Crippen molar-refractivity contribution in [1.29, 1.82) is 0 Å². The quantitative estimate of drug-likeness (QED) is 0.248. The van der Waals surface area contributed by atoms with Gasteiger partial charge in [-0.05, 0) is 42.0 Å². The van der Waals surface area contributed by atoms with Crippen LogP contribution in [-0.4, -0.2) is 64.7 Å². The second kappa shape index (κ2) is 11.8. The topological polar surface area (TPSA) is 126 Å². The second-order valence-electron chi connectivity index (χ2n) is 9.82. The Hall–Kier alpha value is -4.49. The third-order valence-corrected chi connectivity index (χ3v) is 8.16. The van der Waals surface area contributed by atoms with Crippen molar-refractivity contribution >= 4 is 40.4 Å². The first-order chi connectivity index (χ1) is 20.3. The van der Waals surface area contributed by atoms with Gasteiger partial charge in [-0.2, -0.15) is 13.9 Å². The van der Waals surface area contributed by atoms with Gasteiger partial charge in [0.05, 0.1) is 34.2 Å². The van der Waals surface area contributed by atoms with Gasteiger partial charge in [-0.3, -0.25) is 19.5 Å². The van der Waals surface area contributed by atoms with Crippen molar-refractivity contribution in [3.8, 4) is 11.5 Å². The van der Waals surface area contributed by atoms with Crippen LogP contribution in [0.25, 0.3) is 10.9 Å². The summed E-state index contributed by atoms with van der Waals surface area (Å²) in [4.78, 5) is 42.1. The molecule has 3 aromatic carbocycles. The van der Waals surface area contributed by atoms with Gasteiger partial charge in [0.25, 0.3) is 5.91 Å². The lowest BCUT2D eigenvalue weighted by molar-refractivity contribution is -0.160. The number of para-hydroxylation sites is 1. The number of hydrogen-bond acceptors (Lipinski definition) is 7. The van der Waals surface area contributed by atoms with E-state index in [1.165, 1.54) is 16.7 Å². The highest BCUT2D eigenvalue weighted by Gasteiger charge is 2.41. The molecule has 2 aliphatic heterocycles. The number of amides is 3. The van der Waals surface area contributed by atoms with Gasteiger partial charge in [-0.25, -0.2) is 0 Å². The Balaban J connectivity index is 1.09. The van der Waals surface area contributed by atoms with Crippen LogP contribution in [0.5, 0.6) is 11.5 Å². The average Bonchev–Trinajstić information content (AvgIpc) is 3.63. The number of carbonyl (C=O) groups is 3. The lowest BCUT2D eigenvalue weighted by Crippen LogP contribution is -2.48. The molecule has 42 heavy (non-hydrogen) atoms. The average molecular weight is 594 g/mol. The lowest BCUT2D eigenvalue weighted by Gasteiger charge is -2.24. The first-order valence-electron chi connectivity index (χ1n) is 13.1. The standard InChI is InChI=1S/C29H25F2N5O5S/c30-29(31)40-19-11-21(28(39)32-12-16-5-6-18-13-34-35-20(18)9-16)36(15-19)26(37)14-33-27(38)17-7-8-25-23(10-17)41-22-3-1-2-4-24(22)42-25/h1-10,13,19,21,29H,11-12,14-15H2,(H,32,39)(H,33,38)(H,34,35)/t19-,21+/m1/s1. The molecular weight excluding hydrogens is 568 g/mol. The van der Waals surface area contributed by atoms with Gasteiger partial charge in [0.2, 0.25) is 11.8 Å². The van der Waals surface area contributed by atoms with E-state index in [1.54, 1.807) is 24.4 Å². The van der Waals surface area contributed by atoms with Crippen LogP contribution in [0.15, 0.2) is 76.7 Å². The first-order valence-corrected chi connectivity index (χ1v) is 14.0. The van der Waals surface area contributed by atoms with Crippen molar-refractivity contribution in [3.05, 3.63) is 78.0 Å². The second-order valence-corrected chi connectivity index (χ2v) is 10.9. The maximum absolute atomic E-state index is 13.1. The highest BCUT2D eigenvalue weighted by atomic mass is 32.2. The molecule has 0 saturated carbocycles. The van der Waals surface area contributed by atoms with Crippen molar-refractivity contribution < 1.29 is 32.6 Å². The zero-order chi connectivity index (χ0) is 29.2. The van der Waals surface area contributed by atoms with Crippen molar-refractivity contribution in [3.63, 3.8) is 0 Å². The Bertz CT molecular complexity index is 1660. The van der Waals surface area contributed by atoms with Gasteiger partial charge >= 0.3 is 6.61 Å². The Morgan fingerprint density at radius 1 is 1.07 bits per heavy atom. The number of aromatic amines is 1. The fourth-order valence-electron chi connectivity index (χ4n) is 5.00. The summed E-state index contributed by atoms with van der Waals surface area (Å²) in [6.45, 7) is -3.53. The van der Waals surface area contributed by atoms with Crippen LogP contribution in [0.4, 0.5) is 8.78 Å². The van der Waals surface area contributed by atoms with Gasteiger partial charge < -0.3 is 25.0 Å². The number of aromatic nitrogens is 2. The third-order valence-electron chi connectivity index (χ3n) is 7.05. The molecule has 0 aliphatic carbocycles. The van der Waals surface area contributed by atoms with E-state index in [4.69, 9.17) is 4.74 Å². The van der Waals surface area contributed by atoms with Crippen molar-refractivity contribution in [2.24, 2.45) is 0 Å². The molecule has 13 heteroatoms. The lowest BCUT2D eigenvalue weighted by atomic mass is 10.1. The van der Waals surface area contributed by atoms with Crippen LogP contribution in [0.3, 0.4) is 0 Å². The van der Waals surface area contributed by atoms with E-state index >= 15 is 0 Å². The van der Waals surface area contributed by atoms with E-state index < -0.39 is 43.0 Å². The molecule has 10 nitrogen and oxygen atoms in total. The number of alkyl halides is 2. The summed E-state index contributed by atoms with van der Waals surface area (Å²) in [6, 6.07) is 17.0. The molecule has 2 aliphatic rings. The molecule has 0 spiro atoms. The Labute approximate surface area is 242 Å². The maximum Gasteiger partial charge on any atom is 0.345 e. The van der Waals surface area contributed by atoms with E-state index in [0.29, 0.717) is 11.5 Å². The number of rotatable bonds is 8. The number of benzene rings is 3. The van der Waals surface area contributed by atoms with E-state index in [1.807, 2.05) is 42.5 Å². The van der Waals surface area contributed by atoms with Crippen LogP contribution in [0, 0.1) is 0 Å². The number of H-pyrrole nitrogens is 1. The number of nitrogens with one attached hydrogen (secondary N) is 3. The maximum atomic E-state index is 13.1. The van der Waals surface area contributed by atoms with Gasteiger partial charge in [-0.15, -0.1) is 0 Å². The summed E-state index contributed by atoms with van der Waals surface area (Å²) < 4.78 is 36.5. The van der Waals surface area contributed by atoms with Gasteiger partial charge in [-0.1, -0.05) is 36.0 Å². The van der Waals surface area contributed by atoms with Gasteiger partial charge in [0.1, 0.15) is 17.5 Å². The number of hydrogen-bond donors (Lipinski definition) is 3. The number of halogens is 2. The van der Waals surface area contributed by atoms with E-state index in [-0.39, 0.29) is 25.1 Å². The predicted molar refractivity (Wildman–Crippen MR) is 148 cm³/mol. The largest absolute Gasteiger partial charge is 0.455 e. The summed E-state index contributed by atoms with van der Waals surface area (Å²) in [5, 5.41) is 13.1. The fraction of sp³-hybridized carbons (Fsp3) is 0.241. The minimum absolute atomic E-state index is 0.100. The number of fused-ring (bicyclic) bond motifs is 3. The van der Waals surface area contributed by atoms with Crippen LogP contribution in [0.2, 0.25) is 0 Å². The zero-order valence-electron chi connectivity index (χ0n) is 22.0. The molecule has 3 N–H and O–H groups in total. The summed E-state index contributed by atoms with van der Waals surface area (Å²) in [5.41, 5.74) is 1.87. The Morgan fingerprint density at radius 2 is 1.90 bits per heavy atom. The van der Waals surface area contributed by atoms with Crippen LogP contribution >= 0.6 is 11.8 Å². The summed E-state index contributed by atoms with van der Waals surface area (Å²) in [7, 11) is 0.